The number of urea groups is 1. The van der Waals surface area contributed by atoms with E-state index in [1.807, 2.05) is 20.8 Å². The zero-order chi connectivity index (χ0) is 16.9. The number of rotatable bonds is 3. The maximum absolute atomic E-state index is 11.9. The summed E-state index contributed by atoms with van der Waals surface area (Å²) in [5, 5.41) is 8.40. The summed E-state index contributed by atoms with van der Waals surface area (Å²) in [6, 6.07) is 7.00. The zero-order valence-corrected chi connectivity index (χ0v) is 13.9. The molecule has 0 heterocycles. The Morgan fingerprint density at radius 3 is 2.04 bits per heavy atom. The van der Waals surface area contributed by atoms with Gasteiger partial charge in [0.15, 0.2) is 0 Å². The lowest BCUT2D eigenvalue weighted by molar-refractivity contribution is 0.0636. The Bertz CT molecular complexity index is 543. The minimum absolute atomic E-state index is 0.190. The van der Waals surface area contributed by atoms with E-state index in [1.165, 1.54) is 12.8 Å². The third kappa shape index (κ3) is 6.18. The van der Waals surface area contributed by atoms with E-state index in [2.05, 4.69) is 16.0 Å². The fourth-order valence-electron chi connectivity index (χ4n) is 2.48. The highest BCUT2D eigenvalue weighted by Gasteiger charge is 2.17. The molecule has 6 heteroatoms. The van der Waals surface area contributed by atoms with Gasteiger partial charge in [-0.3, -0.25) is 5.32 Å². The van der Waals surface area contributed by atoms with E-state index in [0.717, 1.165) is 12.8 Å². The van der Waals surface area contributed by atoms with Crippen molar-refractivity contribution in [3.63, 3.8) is 0 Å². The van der Waals surface area contributed by atoms with Gasteiger partial charge in [0.2, 0.25) is 0 Å². The monoisotopic (exact) mass is 319 g/mol. The summed E-state index contributed by atoms with van der Waals surface area (Å²) in [5.41, 5.74) is 0.750. The molecular formula is C17H25N3O3. The third-order valence-corrected chi connectivity index (χ3v) is 3.48. The van der Waals surface area contributed by atoms with Crippen molar-refractivity contribution in [2.45, 2.75) is 58.1 Å². The number of ether oxygens (including phenoxy) is 1. The molecule has 0 atom stereocenters. The van der Waals surface area contributed by atoms with Crippen molar-refractivity contribution in [2.24, 2.45) is 0 Å². The Morgan fingerprint density at radius 2 is 1.52 bits per heavy atom. The zero-order valence-electron chi connectivity index (χ0n) is 13.9. The van der Waals surface area contributed by atoms with Crippen LogP contribution in [0.5, 0.6) is 0 Å². The van der Waals surface area contributed by atoms with Crippen molar-refractivity contribution < 1.29 is 14.3 Å². The van der Waals surface area contributed by atoms with Gasteiger partial charge in [0.1, 0.15) is 5.60 Å². The van der Waals surface area contributed by atoms with E-state index in [-0.39, 0.29) is 12.1 Å². The van der Waals surface area contributed by atoms with Gasteiger partial charge in [0, 0.05) is 17.4 Å². The molecule has 0 aliphatic heterocycles. The molecule has 6 nitrogen and oxygen atoms in total. The van der Waals surface area contributed by atoms with Crippen molar-refractivity contribution in [3.05, 3.63) is 24.3 Å². The van der Waals surface area contributed by atoms with Gasteiger partial charge in [-0.15, -0.1) is 0 Å². The molecule has 1 aliphatic rings. The molecule has 1 aromatic carbocycles. The topological polar surface area (TPSA) is 79.5 Å². The van der Waals surface area contributed by atoms with Crippen molar-refractivity contribution in [3.8, 4) is 0 Å². The van der Waals surface area contributed by atoms with E-state index in [1.54, 1.807) is 24.3 Å². The molecule has 0 radical (unpaired) electrons. The van der Waals surface area contributed by atoms with Gasteiger partial charge in [0.05, 0.1) is 0 Å². The molecule has 1 fully saturated rings. The number of benzene rings is 1. The Labute approximate surface area is 137 Å². The predicted octanol–water partition coefficient (Wildman–Crippen LogP) is 4.10. The minimum Gasteiger partial charge on any atom is -0.444 e. The second-order valence-electron chi connectivity index (χ2n) is 6.78. The molecule has 126 valence electrons. The quantitative estimate of drug-likeness (QED) is 0.785. The van der Waals surface area contributed by atoms with E-state index in [0.29, 0.717) is 11.4 Å². The van der Waals surface area contributed by atoms with Crippen molar-refractivity contribution in [1.29, 1.82) is 0 Å². The Morgan fingerprint density at radius 1 is 1.00 bits per heavy atom. The lowest BCUT2D eigenvalue weighted by atomic mass is 10.2. The number of nitrogens with one attached hydrogen (secondary N) is 3. The fourth-order valence-corrected chi connectivity index (χ4v) is 2.48. The van der Waals surface area contributed by atoms with Gasteiger partial charge in [-0.2, -0.15) is 0 Å². The SMILES string of the molecule is CC(C)(C)OC(=O)Nc1ccc(NC(=O)NC2CCCC2)cc1. The molecule has 1 aromatic rings. The van der Waals surface area contributed by atoms with Gasteiger partial charge in [0.25, 0.3) is 0 Å². The summed E-state index contributed by atoms with van der Waals surface area (Å²) < 4.78 is 5.18. The summed E-state index contributed by atoms with van der Waals surface area (Å²) in [5.74, 6) is 0. The van der Waals surface area contributed by atoms with Crippen LogP contribution >= 0.6 is 0 Å². The van der Waals surface area contributed by atoms with Crippen LogP contribution in [0.25, 0.3) is 0 Å². The Hall–Kier alpha value is -2.24. The second-order valence-corrected chi connectivity index (χ2v) is 6.78. The van der Waals surface area contributed by atoms with Crippen LogP contribution in [0.2, 0.25) is 0 Å². The highest BCUT2D eigenvalue weighted by atomic mass is 16.6. The van der Waals surface area contributed by atoms with E-state index >= 15 is 0 Å². The number of hydrogen-bond acceptors (Lipinski definition) is 3. The van der Waals surface area contributed by atoms with Crippen LogP contribution in [-0.2, 0) is 4.74 Å². The fraction of sp³-hybridized carbons (Fsp3) is 0.529. The summed E-state index contributed by atoms with van der Waals surface area (Å²) >= 11 is 0. The van der Waals surface area contributed by atoms with Crippen molar-refractivity contribution >= 4 is 23.5 Å². The standard InChI is InChI=1S/C17H25N3O3/c1-17(2,3)23-16(22)20-14-10-8-13(9-11-14)19-15(21)18-12-6-4-5-7-12/h8-12H,4-7H2,1-3H3,(H,20,22)(H2,18,19,21). The van der Waals surface area contributed by atoms with Crippen LogP contribution in [0.3, 0.4) is 0 Å². The van der Waals surface area contributed by atoms with Crippen LogP contribution in [0.15, 0.2) is 24.3 Å². The molecule has 0 spiro atoms. The molecular weight excluding hydrogens is 294 g/mol. The molecule has 0 unspecified atom stereocenters. The molecule has 3 N–H and O–H groups in total. The normalized spacial score (nSPS) is 15.1. The first-order valence-electron chi connectivity index (χ1n) is 7.99. The van der Waals surface area contributed by atoms with E-state index < -0.39 is 11.7 Å². The van der Waals surface area contributed by atoms with Crippen molar-refractivity contribution in [2.75, 3.05) is 10.6 Å². The van der Waals surface area contributed by atoms with Crippen LogP contribution in [0, 0.1) is 0 Å². The number of anilines is 2. The minimum atomic E-state index is -0.538. The molecule has 1 saturated carbocycles. The van der Waals surface area contributed by atoms with E-state index in [9.17, 15) is 9.59 Å². The number of hydrogen-bond donors (Lipinski definition) is 3. The summed E-state index contributed by atoms with van der Waals surface area (Å²) in [7, 11) is 0. The summed E-state index contributed by atoms with van der Waals surface area (Å²) in [4.78, 5) is 23.5. The molecule has 3 amide bonds. The molecule has 23 heavy (non-hydrogen) atoms. The average Bonchev–Trinajstić information content (AvgIpc) is 2.91. The number of carbonyl (C=O) groups excluding carboxylic acids is 2. The van der Waals surface area contributed by atoms with Crippen LogP contribution in [0.4, 0.5) is 21.0 Å². The number of carbonyl (C=O) groups is 2. The largest absolute Gasteiger partial charge is 0.444 e. The van der Waals surface area contributed by atoms with Gasteiger partial charge in [-0.1, -0.05) is 12.8 Å². The van der Waals surface area contributed by atoms with Gasteiger partial charge >= 0.3 is 12.1 Å². The van der Waals surface area contributed by atoms with Crippen LogP contribution in [0.1, 0.15) is 46.5 Å². The van der Waals surface area contributed by atoms with Crippen LogP contribution in [-0.4, -0.2) is 23.8 Å². The maximum Gasteiger partial charge on any atom is 0.412 e. The summed E-state index contributed by atoms with van der Waals surface area (Å²) in [6.45, 7) is 5.42. The van der Waals surface area contributed by atoms with Gasteiger partial charge in [-0.05, 0) is 57.9 Å². The second kappa shape index (κ2) is 7.35. The Balaban J connectivity index is 1.81. The molecule has 0 saturated heterocycles. The molecule has 2 rings (SSSR count). The first-order chi connectivity index (χ1) is 10.8. The van der Waals surface area contributed by atoms with Crippen molar-refractivity contribution in [1.82, 2.24) is 5.32 Å². The predicted molar refractivity (Wildman–Crippen MR) is 90.7 cm³/mol. The molecule has 0 aromatic heterocycles. The van der Waals surface area contributed by atoms with Crippen LogP contribution < -0.4 is 16.0 Å². The highest BCUT2D eigenvalue weighted by molar-refractivity contribution is 5.90. The highest BCUT2D eigenvalue weighted by Crippen LogP contribution is 2.18. The molecule has 1 aliphatic carbocycles. The number of amides is 3. The molecule has 0 bridgehead atoms. The first kappa shape index (κ1) is 17.1. The lowest BCUT2D eigenvalue weighted by Crippen LogP contribution is -2.36. The first-order valence-corrected chi connectivity index (χ1v) is 7.99. The lowest BCUT2D eigenvalue weighted by Gasteiger charge is -2.19. The van der Waals surface area contributed by atoms with Gasteiger partial charge in [-0.25, -0.2) is 9.59 Å². The maximum atomic E-state index is 11.9. The van der Waals surface area contributed by atoms with Gasteiger partial charge < -0.3 is 15.4 Å². The average molecular weight is 319 g/mol. The van der Waals surface area contributed by atoms with E-state index in [4.69, 9.17) is 4.74 Å². The smallest absolute Gasteiger partial charge is 0.412 e. The Kier molecular flexibility index (Phi) is 5.47. The summed E-state index contributed by atoms with van der Waals surface area (Å²) in [6.07, 6.45) is 3.95. The third-order valence-electron chi connectivity index (χ3n) is 3.48.